The SMILES string of the molecule is COc1cc(C)c(C(C)NC(=O)CSCc2cc(C)cc(C)c2)cc1C(C)C. The number of carbonyl (C=O) groups excluding carboxylic acids is 1. The maximum absolute atomic E-state index is 12.4. The average Bonchev–Trinajstić information content (AvgIpc) is 2.60. The minimum Gasteiger partial charge on any atom is -0.496 e. The molecule has 0 saturated heterocycles. The van der Waals surface area contributed by atoms with E-state index in [9.17, 15) is 4.79 Å². The number of amides is 1. The molecule has 0 aromatic heterocycles. The number of aryl methyl sites for hydroxylation is 3. The first kappa shape index (κ1) is 22.4. The lowest BCUT2D eigenvalue weighted by Crippen LogP contribution is -2.28. The van der Waals surface area contributed by atoms with E-state index in [2.05, 4.69) is 70.3 Å². The summed E-state index contributed by atoms with van der Waals surface area (Å²) >= 11 is 1.66. The summed E-state index contributed by atoms with van der Waals surface area (Å²) in [4.78, 5) is 12.4. The number of hydrogen-bond acceptors (Lipinski definition) is 3. The lowest BCUT2D eigenvalue weighted by atomic mass is 9.93. The summed E-state index contributed by atoms with van der Waals surface area (Å²) in [5, 5.41) is 3.15. The third kappa shape index (κ3) is 6.03. The van der Waals surface area contributed by atoms with Crippen LogP contribution in [0.3, 0.4) is 0 Å². The normalized spacial score (nSPS) is 12.1. The van der Waals surface area contributed by atoms with Gasteiger partial charge in [0.2, 0.25) is 5.91 Å². The van der Waals surface area contributed by atoms with Crippen LogP contribution in [0.1, 0.15) is 66.1 Å². The number of hydrogen-bond donors (Lipinski definition) is 1. The number of carbonyl (C=O) groups is 1. The zero-order valence-corrected chi connectivity index (χ0v) is 19.0. The van der Waals surface area contributed by atoms with E-state index in [1.807, 2.05) is 6.92 Å². The highest BCUT2D eigenvalue weighted by atomic mass is 32.2. The van der Waals surface area contributed by atoms with Gasteiger partial charge >= 0.3 is 0 Å². The molecule has 4 heteroatoms. The summed E-state index contributed by atoms with van der Waals surface area (Å²) in [6.07, 6.45) is 0. The molecule has 2 rings (SSSR count). The van der Waals surface area contributed by atoms with Gasteiger partial charge in [-0.15, -0.1) is 11.8 Å². The standard InChI is InChI=1S/C24H33NO2S/c1-15(2)21-12-22(18(5)11-23(21)27-7)19(6)25-24(26)14-28-13-20-9-16(3)8-17(4)10-20/h8-12,15,19H,13-14H2,1-7H3,(H,25,26). The van der Waals surface area contributed by atoms with Gasteiger partial charge in [-0.2, -0.15) is 0 Å². The minimum atomic E-state index is -0.0299. The van der Waals surface area contributed by atoms with Crippen LogP contribution in [0, 0.1) is 20.8 Å². The fraction of sp³-hybridized carbons (Fsp3) is 0.458. The fourth-order valence-electron chi connectivity index (χ4n) is 3.59. The Balaban J connectivity index is 1.97. The van der Waals surface area contributed by atoms with Crippen LogP contribution in [0.4, 0.5) is 0 Å². The molecule has 28 heavy (non-hydrogen) atoms. The highest BCUT2D eigenvalue weighted by Gasteiger charge is 2.16. The molecule has 0 spiro atoms. The van der Waals surface area contributed by atoms with E-state index in [4.69, 9.17) is 4.74 Å². The highest BCUT2D eigenvalue weighted by molar-refractivity contribution is 7.99. The molecule has 0 fully saturated rings. The Bertz CT molecular complexity index is 809. The number of benzene rings is 2. The van der Waals surface area contributed by atoms with E-state index in [0.717, 1.165) is 22.6 Å². The van der Waals surface area contributed by atoms with Gasteiger partial charge in [0.15, 0.2) is 0 Å². The third-order valence-corrected chi connectivity index (χ3v) is 5.87. The minimum absolute atomic E-state index is 0.0299. The molecular formula is C24H33NO2S. The molecule has 1 N–H and O–H groups in total. The van der Waals surface area contributed by atoms with Crippen LogP contribution >= 0.6 is 11.8 Å². The lowest BCUT2D eigenvalue weighted by molar-refractivity contribution is -0.119. The van der Waals surface area contributed by atoms with Crippen molar-refractivity contribution in [1.82, 2.24) is 5.32 Å². The van der Waals surface area contributed by atoms with Crippen molar-refractivity contribution in [2.24, 2.45) is 0 Å². The lowest BCUT2D eigenvalue weighted by Gasteiger charge is -2.21. The fourth-order valence-corrected chi connectivity index (χ4v) is 4.36. The van der Waals surface area contributed by atoms with Gasteiger partial charge in [0.05, 0.1) is 18.9 Å². The highest BCUT2D eigenvalue weighted by Crippen LogP contribution is 2.32. The molecule has 0 saturated carbocycles. The average molecular weight is 400 g/mol. The Morgan fingerprint density at radius 3 is 2.21 bits per heavy atom. The summed E-state index contributed by atoms with van der Waals surface area (Å²) in [5.74, 6) is 2.67. The molecule has 152 valence electrons. The van der Waals surface area contributed by atoms with Crippen molar-refractivity contribution in [3.63, 3.8) is 0 Å². The van der Waals surface area contributed by atoms with Crippen molar-refractivity contribution >= 4 is 17.7 Å². The number of rotatable bonds is 8. The van der Waals surface area contributed by atoms with Crippen LogP contribution in [-0.2, 0) is 10.5 Å². The summed E-state index contributed by atoms with van der Waals surface area (Å²) in [5.41, 5.74) is 7.27. The first-order valence-electron chi connectivity index (χ1n) is 9.84. The summed E-state index contributed by atoms with van der Waals surface area (Å²) < 4.78 is 5.52. The van der Waals surface area contributed by atoms with E-state index in [-0.39, 0.29) is 11.9 Å². The van der Waals surface area contributed by atoms with Crippen molar-refractivity contribution in [2.45, 2.75) is 59.3 Å². The Morgan fingerprint density at radius 1 is 1.00 bits per heavy atom. The van der Waals surface area contributed by atoms with E-state index in [1.54, 1.807) is 18.9 Å². The van der Waals surface area contributed by atoms with Crippen LogP contribution in [0.5, 0.6) is 5.75 Å². The van der Waals surface area contributed by atoms with Gasteiger partial charge in [-0.25, -0.2) is 0 Å². The number of methoxy groups -OCH3 is 1. The Kier molecular flexibility index (Phi) is 7.99. The first-order valence-corrected chi connectivity index (χ1v) is 11.0. The second kappa shape index (κ2) is 10.0. The Morgan fingerprint density at radius 2 is 1.64 bits per heavy atom. The molecule has 1 unspecified atom stereocenters. The van der Waals surface area contributed by atoms with Gasteiger partial charge < -0.3 is 10.1 Å². The van der Waals surface area contributed by atoms with Gasteiger partial charge in [0.1, 0.15) is 5.75 Å². The van der Waals surface area contributed by atoms with Crippen molar-refractivity contribution in [1.29, 1.82) is 0 Å². The van der Waals surface area contributed by atoms with Crippen molar-refractivity contribution in [3.05, 3.63) is 63.7 Å². The number of thioether (sulfide) groups is 1. The number of nitrogens with one attached hydrogen (secondary N) is 1. The zero-order chi connectivity index (χ0) is 20.8. The van der Waals surface area contributed by atoms with Gasteiger partial charge in [-0.05, 0) is 68.0 Å². The van der Waals surface area contributed by atoms with Crippen LogP contribution in [0.25, 0.3) is 0 Å². The van der Waals surface area contributed by atoms with Crippen molar-refractivity contribution in [2.75, 3.05) is 12.9 Å². The van der Waals surface area contributed by atoms with Crippen LogP contribution in [-0.4, -0.2) is 18.8 Å². The van der Waals surface area contributed by atoms with Crippen molar-refractivity contribution < 1.29 is 9.53 Å². The van der Waals surface area contributed by atoms with E-state index < -0.39 is 0 Å². The zero-order valence-electron chi connectivity index (χ0n) is 18.2. The Labute approximate surface area is 174 Å². The summed E-state index contributed by atoms with van der Waals surface area (Å²) in [6.45, 7) is 12.6. The quantitative estimate of drug-likeness (QED) is 0.605. The predicted molar refractivity (Wildman–Crippen MR) is 120 cm³/mol. The van der Waals surface area contributed by atoms with E-state index >= 15 is 0 Å². The van der Waals surface area contributed by atoms with E-state index in [1.165, 1.54) is 22.3 Å². The molecule has 1 amide bonds. The van der Waals surface area contributed by atoms with Crippen LogP contribution in [0.2, 0.25) is 0 Å². The molecule has 3 nitrogen and oxygen atoms in total. The smallest absolute Gasteiger partial charge is 0.230 e. The molecule has 0 aliphatic heterocycles. The summed E-state index contributed by atoms with van der Waals surface area (Å²) in [7, 11) is 1.71. The maximum Gasteiger partial charge on any atom is 0.230 e. The molecule has 0 aliphatic carbocycles. The largest absolute Gasteiger partial charge is 0.496 e. The molecule has 0 aliphatic rings. The molecule has 2 aromatic rings. The monoisotopic (exact) mass is 399 g/mol. The molecule has 1 atom stereocenters. The molecule has 0 bridgehead atoms. The topological polar surface area (TPSA) is 38.3 Å². The second-order valence-corrected chi connectivity index (χ2v) is 8.87. The first-order chi connectivity index (χ1) is 13.2. The third-order valence-electron chi connectivity index (χ3n) is 4.87. The number of ether oxygens (including phenoxy) is 1. The van der Waals surface area contributed by atoms with Crippen LogP contribution < -0.4 is 10.1 Å². The van der Waals surface area contributed by atoms with E-state index in [0.29, 0.717) is 11.7 Å². The van der Waals surface area contributed by atoms with Gasteiger partial charge in [-0.1, -0.05) is 43.2 Å². The molecule has 0 radical (unpaired) electrons. The maximum atomic E-state index is 12.4. The van der Waals surface area contributed by atoms with Crippen LogP contribution in [0.15, 0.2) is 30.3 Å². The molecular weight excluding hydrogens is 366 g/mol. The van der Waals surface area contributed by atoms with Gasteiger partial charge in [0, 0.05) is 5.75 Å². The summed E-state index contributed by atoms with van der Waals surface area (Å²) in [6, 6.07) is 10.8. The Hall–Kier alpha value is -1.94. The van der Waals surface area contributed by atoms with Gasteiger partial charge in [-0.3, -0.25) is 4.79 Å². The second-order valence-electron chi connectivity index (χ2n) is 7.88. The van der Waals surface area contributed by atoms with Gasteiger partial charge in [0.25, 0.3) is 0 Å². The van der Waals surface area contributed by atoms with Crippen molar-refractivity contribution in [3.8, 4) is 5.75 Å². The molecule has 2 aromatic carbocycles. The predicted octanol–water partition coefficient (Wildman–Crippen LogP) is 5.85. The molecule has 0 heterocycles.